The van der Waals surface area contributed by atoms with E-state index >= 15 is 0 Å². The van der Waals surface area contributed by atoms with Crippen molar-refractivity contribution in [3.05, 3.63) is 59.0 Å². The zero-order valence-corrected chi connectivity index (χ0v) is 13.6. The highest BCUT2D eigenvalue weighted by atomic mass is 16.5. The van der Waals surface area contributed by atoms with Gasteiger partial charge in [-0.1, -0.05) is 6.07 Å². The molecule has 0 saturated heterocycles. The molecule has 0 fully saturated rings. The Morgan fingerprint density at radius 2 is 1.83 bits per heavy atom. The summed E-state index contributed by atoms with van der Waals surface area (Å²) in [4.78, 5) is 36.4. The van der Waals surface area contributed by atoms with E-state index in [-0.39, 0.29) is 30.5 Å². The second-order valence-corrected chi connectivity index (χ2v) is 5.32. The average molecular weight is 329 g/mol. The molecule has 0 spiro atoms. The number of aromatic nitrogens is 1. The van der Waals surface area contributed by atoms with Crippen LogP contribution < -0.4 is 15.6 Å². The fraction of sp³-hybridized carbons (Fsp3) is 0.235. The third kappa shape index (κ3) is 4.98. The molecule has 2 rings (SSSR count). The molecule has 7 nitrogen and oxygen atoms in total. The normalized spacial score (nSPS) is 10.1. The molecule has 1 N–H and O–H groups in total. The number of carbonyl (C=O) groups excluding carboxylic acids is 2. The van der Waals surface area contributed by atoms with Crippen molar-refractivity contribution in [1.29, 1.82) is 0 Å². The van der Waals surface area contributed by atoms with Crippen LogP contribution in [0.1, 0.15) is 0 Å². The number of pyridine rings is 1. The number of carbonyl (C=O) groups is 2. The van der Waals surface area contributed by atoms with Gasteiger partial charge in [-0.3, -0.25) is 14.4 Å². The molecule has 126 valence electrons. The Morgan fingerprint density at radius 3 is 2.46 bits per heavy atom. The summed E-state index contributed by atoms with van der Waals surface area (Å²) in [5.74, 6) is 0.0860. The van der Waals surface area contributed by atoms with Crippen LogP contribution in [0.25, 0.3) is 0 Å². The molecule has 0 atom stereocenters. The summed E-state index contributed by atoms with van der Waals surface area (Å²) < 4.78 is 6.67. The van der Waals surface area contributed by atoms with Crippen molar-refractivity contribution in [2.24, 2.45) is 0 Å². The summed E-state index contributed by atoms with van der Waals surface area (Å²) >= 11 is 0. The number of nitrogens with one attached hydrogen (secondary N) is 1. The number of hydrogen-bond acceptors (Lipinski definition) is 4. The molecule has 1 aromatic carbocycles. The highest BCUT2D eigenvalue weighted by Gasteiger charge is 2.07. The largest absolute Gasteiger partial charge is 0.484 e. The molecular formula is C17H19N3O4. The van der Waals surface area contributed by atoms with Crippen LogP contribution >= 0.6 is 0 Å². The SMILES string of the molecule is CN(C)C(=O)COc1ccc(NC(=O)Cn2ccccc2=O)cc1. The van der Waals surface area contributed by atoms with E-state index in [1.807, 2.05) is 0 Å². The second kappa shape index (κ2) is 7.96. The predicted octanol–water partition coefficient (Wildman–Crippen LogP) is 0.954. The number of likely N-dealkylation sites (N-methyl/N-ethyl adjacent to an activating group) is 1. The maximum Gasteiger partial charge on any atom is 0.259 e. The van der Waals surface area contributed by atoms with E-state index in [9.17, 15) is 14.4 Å². The van der Waals surface area contributed by atoms with E-state index in [2.05, 4.69) is 5.32 Å². The Balaban J connectivity index is 1.89. The number of benzene rings is 1. The van der Waals surface area contributed by atoms with Gasteiger partial charge in [0.15, 0.2) is 6.61 Å². The first-order chi connectivity index (χ1) is 11.5. The zero-order valence-electron chi connectivity index (χ0n) is 13.6. The predicted molar refractivity (Wildman–Crippen MR) is 90.0 cm³/mol. The summed E-state index contributed by atoms with van der Waals surface area (Å²) in [5.41, 5.74) is 0.345. The molecule has 0 radical (unpaired) electrons. The number of hydrogen-bond donors (Lipinski definition) is 1. The smallest absolute Gasteiger partial charge is 0.259 e. The van der Waals surface area contributed by atoms with E-state index in [1.54, 1.807) is 56.7 Å². The third-order valence-corrected chi connectivity index (χ3v) is 3.21. The molecule has 0 saturated carbocycles. The third-order valence-electron chi connectivity index (χ3n) is 3.21. The van der Waals surface area contributed by atoms with Crippen molar-refractivity contribution in [2.45, 2.75) is 6.54 Å². The maximum atomic E-state index is 12.0. The van der Waals surface area contributed by atoms with E-state index in [0.29, 0.717) is 11.4 Å². The van der Waals surface area contributed by atoms with Crippen molar-refractivity contribution < 1.29 is 14.3 Å². The lowest BCUT2D eigenvalue weighted by atomic mass is 10.3. The van der Waals surface area contributed by atoms with Crippen LogP contribution in [0.4, 0.5) is 5.69 Å². The Labute approximate surface area is 139 Å². The second-order valence-electron chi connectivity index (χ2n) is 5.32. The lowest BCUT2D eigenvalue weighted by Crippen LogP contribution is -2.27. The van der Waals surface area contributed by atoms with Gasteiger partial charge in [-0.15, -0.1) is 0 Å². The fourth-order valence-electron chi connectivity index (χ4n) is 1.86. The molecule has 2 aromatic rings. The van der Waals surface area contributed by atoms with Crippen molar-refractivity contribution in [3.63, 3.8) is 0 Å². The van der Waals surface area contributed by atoms with Crippen LogP contribution in [-0.2, 0) is 16.1 Å². The van der Waals surface area contributed by atoms with Crippen LogP contribution in [0.2, 0.25) is 0 Å². The van der Waals surface area contributed by atoms with Crippen LogP contribution in [0, 0.1) is 0 Å². The standard InChI is InChI=1S/C17H19N3O4/c1-19(2)17(23)12-24-14-8-6-13(7-9-14)18-15(21)11-20-10-4-3-5-16(20)22/h3-10H,11-12H2,1-2H3,(H,18,21). The molecule has 0 aliphatic heterocycles. The Kier molecular flexibility index (Phi) is 5.73. The van der Waals surface area contributed by atoms with E-state index < -0.39 is 0 Å². The van der Waals surface area contributed by atoms with Crippen molar-refractivity contribution >= 4 is 17.5 Å². The van der Waals surface area contributed by atoms with Crippen molar-refractivity contribution in [3.8, 4) is 5.75 Å². The highest BCUT2D eigenvalue weighted by Crippen LogP contribution is 2.15. The monoisotopic (exact) mass is 329 g/mol. The van der Waals surface area contributed by atoms with Gasteiger partial charge in [-0.25, -0.2) is 0 Å². The van der Waals surface area contributed by atoms with Crippen LogP contribution in [0.15, 0.2) is 53.5 Å². The van der Waals surface area contributed by atoms with E-state index in [0.717, 1.165) is 0 Å². The highest BCUT2D eigenvalue weighted by molar-refractivity contribution is 5.90. The minimum atomic E-state index is -0.306. The Morgan fingerprint density at radius 1 is 1.12 bits per heavy atom. The maximum absolute atomic E-state index is 12.0. The van der Waals surface area contributed by atoms with Gasteiger partial charge in [0.05, 0.1) is 0 Å². The Hall–Kier alpha value is -3.09. The quantitative estimate of drug-likeness (QED) is 0.856. The van der Waals surface area contributed by atoms with Gasteiger partial charge in [0.25, 0.3) is 11.5 Å². The van der Waals surface area contributed by atoms with Crippen molar-refractivity contribution in [1.82, 2.24) is 9.47 Å². The molecule has 7 heteroatoms. The summed E-state index contributed by atoms with van der Waals surface area (Å²) in [7, 11) is 3.31. The first-order valence-electron chi connectivity index (χ1n) is 7.34. The molecular weight excluding hydrogens is 310 g/mol. The minimum Gasteiger partial charge on any atom is -0.484 e. The topological polar surface area (TPSA) is 80.6 Å². The molecule has 1 heterocycles. The minimum absolute atomic E-state index is 0.0460. The van der Waals surface area contributed by atoms with E-state index in [4.69, 9.17) is 4.74 Å². The zero-order chi connectivity index (χ0) is 17.5. The molecule has 0 unspecified atom stereocenters. The van der Waals surface area contributed by atoms with Crippen LogP contribution in [0.5, 0.6) is 5.75 Å². The fourth-order valence-corrected chi connectivity index (χ4v) is 1.86. The number of ether oxygens (including phenoxy) is 1. The van der Waals surface area contributed by atoms with Gasteiger partial charge in [-0.05, 0) is 30.3 Å². The number of rotatable bonds is 6. The lowest BCUT2D eigenvalue weighted by Gasteiger charge is -2.12. The lowest BCUT2D eigenvalue weighted by molar-refractivity contribution is -0.130. The summed E-state index contributed by atoms with van der Waals surface area (Å²) in [5, 5.41) is 2.70. The van der Waals surface area contributed by atoms with Gasteiger partial charge in [0, 0.05) is 32.0 Å². The summed E-state index contributed by atoms with van der Waals surface area (Å²) in [6, 6.07) is 11.4. The average Bonchev–Trinajstić information content (AvgIpc) is 2.56. The first kappa shape index (κ1) is 17.3. The van der Waals surface area contributed by atoms with Gasteiger partial charge in [0.2, 0.25) is 5.91 Å². The van der Waals surface area contributed by atoms with Gasteiger partial charge in [0.1, 0.15) is 12.3 Å². The van der Waals surface area contributed by atoms with Crippen molar-refractivity contribution in [2.75, 3.05) is 26.0 Å². The Bertz CT molecular complexity index is 766. The van der Waals surface area contributed by atoms with E-state index in [1.165, 1.54) is 15.5 Å². The number of amides is 2. The summed E-state index contributed by atoms with van der Waals surface area (Å²) in [6.45, 7) is -0.106. The first-order valence-corrected chi connectivity index (χ1v) is 7.34. The van der Waals surface area contributed by atoms with Gasteiger partial charge < -0.3 is 19.5 Å². The molecule has 0 aliphatic carbocycles. The molecule has 1 aromatic heterocycles. The van der Waals surface area contributed by atoms with Gasteiger partial charge in [-0.2, -0.15) is 0 Å². The molecule has 0 aliphatic rings. The summed E-state index contributed by atoms with van der Waals surface area (Å²) in [6.07, 6.45) is 1.56. The van der Waals surface area contributed by atoms with Crippen LogP contribution in [0.3, 0.4) is 0 Å². The molecule has 24 heavy (non-hydrogen) atoms. The van der Waals surface area contributed by atoms with Crippen LogP contribution in [-0.4, -0.2) is 42.0 Å². The van der Waals surface area contributed by atoms with Gasteiger partial charge >= 0.3 is 0 Å². The number of nitrogens with zero attached hydrogens (tertiary/aromatic N) is 2. The molecule has 0 bridgehead atoms. The molecule has 2 amide bonds. The number of anilines is 1.